The fourth-order valence-corrected chi connectivity index (χ4v) is 2.99. The van der Waals surface area contributed by atoms with Crippen LogP contribution in [0.25, 0.3) is 0 Å². The molecule has 1 aliphatic heterocycles. The summed E-state index contributed by atoms with van der Waals surface area (Å²) in [6, 6.07) is 8.19. The number of benzene rings is 1. The molecule has 2 aromatic rings. The van der Waals surface area contributed by atoms with Crippen LogP contribution in [0.4, 0.5) is 11.8 Å². The second-order valence-corrected chi connectivity index (χ2v) is 6.22. The fraction of sp³-hybridized carbons (Fsp3) is 0.444. The minimum atomic E-state index is -0.432. The van der Waals surface area contributed by atoms with Crippen molar-refractivity contribution in [2.75, 3.05) is 29.9 Å². The first-order chi connectivity index (χ1) is 11.6. The van der Waals surface area contributed by atoms with E-state index in [1.54, 1.807) is 6.92 Å². The van der Waals surface area contributed by atoms with Gasteiger partial charge in [-0.15, -0.1) is 0 Å². The fourth-order valence-electron chi connectivity index (χ4n) is 2.99. The van der Waals surface area contributed by atoms with Gasteiger partial charge in [-0.2, -0.15) is 4.98 Å². The van der Waals surface area contributed by atoms with Crippen molar-refractivity contribution in [1.29, 1.82) is 0 Å². The number of nitrogens with one attached hydrogen (secondary N) is 1. The van der Waals surface area contributed by atoms with Gasteiger partial charge in [-0.1, -0.05) is 18.2 Å². The summed E-state index contributed by atoms with van der Waals surface area (Å²) in [6.07, 6.45) is 0.497. The van der Waals surface area contributed by atoms with E-state index in [9.17, 15) is 5.11 Å². The molecule has 0 bridgehead atoms. The molecular weight excluding hydrogens is 304 g/mol. The van der Waals surface area contributed by atoms with Gasteiger partial charge in [0.2, 0.25) is 5.95 Å². The average molecular weight is 328 g/mol. The molecule has 0 spiro atoms. The Morgan fingerprint density at radius 3 is 2.83 bits per heavy atom. The second kappa shape index (κ2) is 7.15. The van der Waals surface area contributed by atoms with Gasteiger partial charge in [0.05, 0.1) is 12.7 Å². The third-order valence-corrected chi connectivity index (χ3v) is 4.28. The van der Waals surface area contributed by atoms with Gasteiger partial charge >= 0.3 is 0 Å². The average Bonchev–Trinajstić information content (AvgIpc) is 2.58. The summed E-state index contributed by atoms with van der Waals surface area (Å²) in [6.45, 7) is 5.91. The highest BCUT2D eigenvalue weighted by Gasteiger charge is 2.19. The van der Waals surface area contributed by atoms with Crippen molar-refractivity contribution in [2.24, 2.45) is 0 Å². The Hall–Kier alpha value is -2.18. The molecule has 0 radical (unpaired) electrons. The zero-order valence-electron chi connectivity index (χ0n) is 14.2. The maximum absolute atomic E-state index is 9.74. The van der Waals surface area contributed by atoms with Gasteiger partial charge in [-0.05, 0) is 37.0 Å². The van der Waals surface area contributed by atoms with Crippen LogP contribution in [0.5, 0.6) is 0 Å². The van der Waals surface area contributed by atoms with Crippen LogP contribution in [0, 0.1) is 6.92 Å². The van der Waals surface area contributed by atoms with Crippen LogP contribution in [-0.4, -0.2) is 39.9 Å². The number of hydrogen-bond donors (Lipinski definition) is 3. The number of aryl methyl sites for hydroxylation is 1. The monoisotopic (exact) mass is 328 g/mol. The summed E-state index contributed by atoms with van der Waals surface area (Å²) in [5, 5.41) is 21.7. The van der Waals surface area contributed by atoms with Crippen molar-refractivity contribution in [2.45, 2.75) is 32.9 Å². The van der Waals surface area contributed by atoms with Crippen molar-refractivity contribution in [3.8, 4) is 0 Å². The van der Waals surface area contributed by atoms with Crippen LogP contribution in [0.1, 0.15) is 35.4 Å². The van der Waals surface area contributed by atoms with E-state index in [-0.39, 0.29) is 6.61 Å². The van der Waals surface area contributed by atoms with Crippen LogP contribution < -0.4 is 10.2 Å². The van der Waals surface area contributed by atoms with Gasteiger partial charge in [0.1, 0.15) is 5.82 Å². The van der Waals surface area contributed by atoms with Gasteiger partial charge in [-0.3, -0.25) is 0 Å². The Labute approximate surface area is 142 Å². The van der Waals surface area contributed by atoms with Crippen molar-refractivity contribution < 1.29 is 10.2 Å². The SMILES string of the molecule is Cc1cc(N2CCc3cc([C@@H](C)O)ccc3C2)nc(NCCO)n1. The van der Waals surface area contributed by atoms with Gasteiger partial charge in [0.15, 0.2) is 0 Å². The van der Waals surface area contributed by atoms with E-state index >= 15 is 0 Å². The molecule has 6 nitrogen and oxygen atoms in total. The molecule has 1 aromatic heterocycles. The molecule has 6 heteroatoms. The minimum Gasteiger partial charge on any atom is -0.395 e. The normalized spacial score (nSPS) is 15.1. The van der Waals surface area contributed by atoms with Gasteiger partial charge < -0.3 is 20.4 Å². The largest absolute Gasteiger partial charge is 0.395 e. The summed E-state index contributed by atoms with van der Waals surface area (Å²) in [4.78, 5) is 11.2. The van der Waals surface area contributed by atoms with Crippen molar-refractivity contribution >= 4 is 11.8 Å². The molecular formula is C18H24N4O2. The molecule has 1 aliphatic rings. The summed E-state index contributed by atoms with van der Waals surface area (Å²) in [5.74, 6) is 1.45. The summed E-state index contributed by atoms with van der Waals surface area (Å²) in [7, 11) is 0. The molecule has 128 valence electrons. The summed E-state index contributed by atoms with van der Waals surface area (Å²) in [5.41, 5.74) is 4.44. The number of aliphatic hydroxyl groups is 2. The lowest BCUT2D eigenvalue weighted by atomic mass is 9.96. The maximum Gasteiger partial charge on any atom is 0.224 e. The Bertz CT molecular complexity index is 718. The van der Waals surface area contributed by atoms with E-state index in [1.165, 1.54) is 11.1 Å². The van der Waals surface area contributed by atoms with Crippen molar-refractivity contribution in [3.63, 3.8) is 0 Å². The molecule has 0 amide bonds. The predicted octanol–water partition coefficient (Wildman–Crippen LogP) is 1.81. The van der Waals surface area contributed by atoms with Gasteiger partial charge in [0, 0.05) is 31.4 Å². The third kappa shape index (κ3) is 3.66. The van der Waals surface area contributed by atoms with Crippen LogP contribution in [-0.2, 0) is 13.0 Å². The molecule has 0 saturated carbocycles. The van der Waals surface area contributed by atoms with Crippen LogP contribution in [0.2, 0.25) is 0 Å². The number of rotatable bonds is 5. The predicted molar refractivity (Wildman–Crippen MR) is 94.2 cm³/mol. The first-order valence-electron chi connectivity index (χ1n) is 8.32. The van der Waals surface area contributed by atoms with Crippen LogP contribution in [0.15, 0.2) is 24.3 Å². The summed E-state index contributed by atoms with van der Waals surface area (Å²) >= 11 is 0. The number of anilines is 2. The molecule has 1 atom stereocenters. The Morgan fingerprint density at radius 1 is 1.25 bits per heavy atom. The zero-order chi connectivity index (χ0) is 17.1. The van der Waals surface area contributed by atoms with E-state index < -0.39 is 6.10 Å². The topological polar surface area (TPSA) is 81.5 Å². The lowest BCUT2D eigenvalue weighted by molar-refractivity contribution is 0.199. The quantitative estimate of drug-likeness (QED) is 0.776. The lowest BCUT2D eigenvalue weighted by Crippen LogP contribution is -2.31. The molecule has 0 aliphatic carbocycles. The second-order valence-electron chi connectivity index (χ2n) is 6.22. The molecule has 0 fully saturated rings. The number of fused-ring (bicyclic) bond motifs is 1. The Morgan fingerprint density at radius 2 is 2.08 bits per heavy atom. The first-order valence-corrected chi connectivity index (χ1v) is 8.32. The maximum atomic E-state index is 9.74. The van der Waals surface area contributed by atoms with E-state index in [1.807, 2.05) is 19.1 Å². The van der Waals surface area contributed by atoms with Crippen molar-refractivity contribution in [1.82, 2.24) is 9.97 Å². The first kappa shape index (κ1) is 16.7. The molecule has 0 unspecified atom stereocenters. The van der Waals surface area contributed by atoms with Gasteiger partial charge in [0.25, 0.3) is 0 Å². The van der Waals surface area contributed by atoms with E-state index in [0.29, 0.717) is 12.5 Å². The summed E-state index contributed by atoms with van der Waals surface area (Å²) < 4.78 is 0. The van der Waals surface area contributed by atoms with E-state index in [2.05, 4.69) is 32.3 Å². The molecule has 3 rings (SSSR count). The molecule has 2 heterocycles. The van der Waals surface area contributed by atoms with Gasteiger partial charge in [-0.25, -0.2) is 4.98 Å². The van der Waals surface area contributed by atoms with Crippen molar-refractivity contribution in [3.05, 3.63) is 46.6 Å². The molecule has 1 aromatic carbocycles. The number of hydrogen-bond acceptors (Lipinski definition) is 6. The number of aromatic nitrogens is 2. The zero-order valence-corrected chi connectivity index (χ0v) is 14.2. The number of aliphatic hydroxyl groups excluding tert-OH is 2. The highest BCUT2D eigenvalue weighted by atomic mass is 16.3. The third-order valence-electron chi connectivity index (χ3n) is 4.28. The highest BCUT2D eigenvalue weighted by Crippen LogP contribution is 2.26. The Kier molecular flexibility index (Phi) is 4.97. The lowest BCUT2D eigenvalue weighted by Gasteiger charge is -2.30. The Balaban J connectivity index is 1.81. The highest BCUT2D eigenvalue weighted by molar-refractivity contribution is 5.48. The minimum absolute atomic E-state index is 0.0509. The molecule has 0 saturated heterocycles. The van der Waals surface area contributed by atoms with E-state index in [0.717, 1.165) is 36.6 Å². The van der Waals surface area contributed by atoms with E-state index in [4.69, 9.17) is 5.11 Å². The van der Waals surface area contributed by atoms with Crippen LogP contribution >= 0.6 is 0 Å². The van der Waals surface area contributed by atoms with Crippen LogP contribution in [0.3, 0.4) is 0 Å². The standard InChI is InChI=1S/C18H24N4O2/c1-12-9-17(21-18(20-12)19-6-8-23)22-7-5-15-10-14(13(2)24)3-4-16(15)11-22/h3-4,9-10,13,23-24H,5-8,11H2,1-2H3,(H,19,20,21)/t13-/m1/s1. The molecule has 24 heavy (non-hydrogen) atoms. The number of nitrogens with zero attached hydrogens (tertiary/aromatic N) is 3. The molecule has 3 N–H and O–H groups in total. The smallest absolute Gasteiger partial charge is 0.224 e.